The van der Waals surface area contributed by atoms with Crippen LogP contribution in [0.2, 0.25) is 0 Å². The Morgan fingerprint density at radius 1 is 1.50 bits per heavy atom. The maximum Gasteiger partial charge on any atom is 0.309 e. The zero-order valence-corrected chi connectivity index (χ0v) is 11.0. The first-order valence-electron chi connectivity index (χ1n) is 4.43. The van der Waals surface area contributed by atoms with E-state index in [1.165, 1.54) is 7.11 Å². The Kier molecular flexibility index (Phi) is 5.11. The molecule has 1 aromatic rings. The highest BCUT2D eigenvalue weighted by molar-refractivity contribution is 9.10. The molecule has 1 atom stereocenters. The van der Waals surface area contributed by atoms with Gasteiger partial charge in [-0.15, -0.1) is 0 Å². The molecule has 0 amide bonds. The molecule has 1 unspecified atom stereocenters. The summed E-state index contributed by atoms with van der Waals surface area (Å²) in [5, 5.41) is 0. The highest BCUT2D eigenvalue weighted by Crippen LogP contribution is 2.18. The lowest BCUT2D eigenvalue weighted by Crippen LogP contribution is -2.08. The number of benzene rings is 1. The lowest BCUT2D eigenvalue weighted by Gasteiger charge is -2.11. The van der Waals surface area contributed by atoms with E-state index in [9.17, 15) is 13.6 Å². The van der Waals surface area contributed by atoms with Gasteiger partial charge in [-0.1, -0.05) is 33.1 Å². The van der Waals surface area contributed by atoms with Crippen molar-refractivity contribution in [3.63, 3.8) is 0 Å². The van der Waals surface area contributed by atoms with Crippen molar-refractivity contribution in [3.8, 4) is 0 Å². The second-order valence-corrected chi connectivity index (χ2v) is 4.93. The normalized spacial score (nSPS) is 12.2. The number of hydrogen-bond acceptors (Lipinski definition) is 4. The number of methoxy groups -OCH3 is 1. The Labute approximate surface area is 104 Å². The van der Waals surface area contributed by atoms with Crippen molar-refractivity contribution in [2.45, 2.75) is 12.2 Å². The first kappa shape index (κ1) is 13.3. The van der Waals surface area contributed by atoms with Crippen LogP contribution in [-0.4, -0.2) is 21.8 Å². The highest BCUT2D eigenvalue weighted by Gasteiger charge is 2.08. The van der Waals surface area contributed by atoms with E-state index in [4.69, 9.17) is 0 Å². The van der Waals surface area contributed by atoms with Crippen molar-refractivity contribution in [2.75, 3.05) is 7.11 Å². The molecule has 0 fully saturated rings. The molecule has 6 heteroatoms. The smallest absolute Gasteiger partial charge is 0.309 e. The van der Waals surface area contributed by atoms with Gasteiger partial charge in [0, 0.05) is 10.2 Å². The number of carbonyl (C=O) groups is 1. The summed E-state index contributed by atoms with van der Waals surface area (Å²) in [4.78, 5) is 11.1. The van der Waals surface area contributed by atoms with Crippen molar-refractivity contribution in [3.05, 3.63) is 33.8 Å². The van der Waals surface area contributed by atoms with Crippen LogP contribution < -0.4 is 0 Å². The van der Waals surface area contributed by atoms with E-state index >= 15 is 0 Å². The van der Waals surface area contributed by atoms with Gasteiger partial charge in [0.1, 0.15) is 0 Å². The zero-order chi connectivity index (χ0) is 12.1. The molecule has 0 N–H and O–H groups in total. The molecule has 0 saturated carbocycles. The van der Waals surface area contributed by atoms with Crippen molar-refractivity contribution < 1.29 is 18.3 Å². The maximum atomic E-state index is 11.1. The van der Waals surface area contributed by atoms with Gasteiger partial charge in [-0.25, -0.2) is 0 Å². The lowest BCUT2D eigenvalue weighted by atomic mass is 10.1. The fraction of sp³-hybridized carbons (Fsp3) is 0.300. The van der Waals surface area contributed by atoms with Gasteiger partial charge in [0.05, 0.1) is 13.5 Å². The average molecular weight is 306 g/mol. The van der Waals surface area contributed by atoms with Crippen LogP contribution in [-0.2, 0) is 32.8 Å². The van der Waals surface area contributed by atoms with E-state index in [1.54, 1.807) is 18.2 Å². The fourth-order valence-corrected chi connectivity index (χ4v) is 2.19. The Bertz CT molecular complexity index is 419. The number of esters is 1. The Morgan fingerprint density at radius 3 is 2.75 bits per heavy atom. The van der Waals surface area contributed by atoms with Crippen LogP contribution in [0, 0.1) is 0 Å². The minimum absolute atomic E-state index is 0.0797. The SMILES string of the molecule is COC(=O)Cc1ccc(Br)cc1CS(=O)[O-]. The molecule has 0 spiro atoms. The highest BCUT2D eigenvalue weighted by atomic mass is 79.9. The summed E-state index contributed by atoms with van der Waals surface area (Å²) < 4.78 is 26.6. The van der Waals surface area contributed by atoms with E-state index < -0.39 is 11.1 Å². The minimum Gasteiger partial charge on any atom is -0.772 e. The predicted octanol–water partition coefficient (Wildman–Crippen LogP) is 1.54. The van der Waals surface area contributed by atoms with E-state index in [0.29, 0.717) is 11.1 Å². The number of rotatable bonds is 4. The van der Waals surface area contributed by atoms with E-state index in [-0.39, 0.29) is 18.1 Å². The summed E-state index contributed by atoms with van der Waals surface area (Å²) in [6, 6.07) is 5.16. The summed E-state index contributed by atoms with van der Waals surface area (Å²) in [7, 11) is 1.30. The summed E-state index contributed by atoms with van der Waals surface area (Å²) in [6.45, 7) is 0. The third kappa shape index (κ3) is 4.03. The maximum absolute atomic E-state index is 11.1. The van der Waals surface area contributed by atoms with E-state index in [2.05, 4.69) is 20.7 Å². The van der Waals surface area contributed by atoms with Gasteiger partial charge in [-0.2, -0.15) is 0 Å². The number of carbonyl (C=O) groups excluding carboxylic acids is 1. The van der Waals surface area contributed by atoms with Crippen LogP contribution in [0.15, 0.2) is 22.7 Å². The average Bonchev–Trinajstić information content (AvgIpc) is 2.21. The van der Waals surface area contributed by atoms with Crippen LogP contribution in [0.25, 0.3) is 0 Å². The molecular weight excluding hydrogens is 296 g/mol. The predicted molar refractivity (Wildman–Crippen MR) is 62.5 cm³/mol. The largest absolute Gasteiger partial charge is 0.772 e. The summed E-state index contributed by atoms with van der Waals surface area (Å²) in [5.74, 6) is -0.494. The molecule has 1 rings (SSSR count). The van der Waals surface area contributed by atoms with Crippen LogP contribution >= 0.6 is 15.9 Å². The third-order valence-electron chi connectivity index (χ3n) is 2.00. The third-order valence-corrected chi connectivity index (χ3v) is 3.04. The van der Waals surface area contributed by atoms with Crippen LogP contribution in [0.1, 0.15) is 11.1 Å². The molecule has 4 nitrogen and oxygen atoms in total. The van der Waals surface area contributed by atoms with Crippen molar-refractivity contribution in [1.82, 2.24) is 0 Å². The second-order valence-electron chi connectivity index (χ2n) is 3.11. The zero-order valence-electron chi connectivity index (χ0n) is 8.57. The van der Waals surface area contributed by atoms with Gasteiger partial charge in [0.2, 0.25) is 0 Å². The molecule has 0 aliphatic carbocycles. The number of hydrogen-bond donors (Lipinski definition) is 0. The van der Waals surface area contributed by atoms with Crippen LogP contribution in [0.3, 0.4) is 0 Å². The second kappa shape index (κ2) is 6.12. The van der Waals surface area contributed by atoms with Crippen molar-refractivity contribution in [2.24, 2.45) is 0 Å². The van der Waals surface area contributed by atoms with E-state index in [0.717, 1.165) is 4.47 Å². The van der Waals surface area contributed by atoms with Gasteiger partial charge in [-0.05, 0) is 23.3 Å². The van der Waals surface area contributed by atoms with Crippen LogP contribution in [0.5, 0.6) is 0 Å². The standard InChI is InChI=1S/C10H11BrO4S/c1-15-10(12)5-7-2-3-9(11)4-8(7)6-16(13)14/h2-4H,5-6H2,1H3,(H,13,14)/p-1. The lowest BCUT2D eigenvalue weighted by molar-refractivity contribution is -0.139. The first-order chi connectivity index (χ1) is 7.52. The molecule has 0 aromatic heterocycles. The molecule has 16 heavy (non-hydrogen) atoms. The van der Waals surface area contributed by atoms with Crippen molar-refractivity contribution in [1.29, 1.82) is 0 Å². The molecule has 1 aromatic carbocycles. The van der Waals surface area contributed by atoms with Gasteiger partial charge in [0.15, 0.2) is 0 Å². The molecule has 0 bridgehead atoms. The first-order valence-corrected chi connectivity index (χ1v) is 6.46. The minimum atomic E-state index is -2.17. The number of halogens is 1. The summed E-state index contributed by atoms with van der Waals surface area (Å²) in [5.41, 5.74) is 1.27. The quantitative estimate of drug-likeness (QED) is 0.625. The van der Waals surface area contributed by atoms with E-state index in [1.807, 2.05) is 0 Å². The van der Waals surface area contributed by atoms with Gasteiger partial charge >= 0.3 is 5.97 Å². The topological polar surface area (TPSA) is 66.4 Å². The van der Waals surface area contributed by atoms with Gasteiger partial charge < -0.3 is 9.29 Å². The Morgan fingerprint density at radius 2 is 2.19 bits per heavy atom. The Balaban J connectivity index is 2.97. The molecule has 0 saturated heterocycles. The van der Waals surface area contributed by atoms with Crippen molar-refractivity contribution >= 4 is 33.0 Å². The molecule has 0 aliphatic rings. The van der Waals surface area contributed by atoms with Gasteiger partial charge in [-0.3, -0.25) is 9.00 Å². The summed E-state index contributed by atoms with van der Waals surface area (Å²) in [6.07, 6.45) is 0.0797. The fourth-order valence-electron chi connectivity index (χ4n) is 1.26. The van der Waals surface area contributed by atoms with Crippen LogP contribution in [0.4, 0.5) is 0 Å². The van der Waals surface area contributed by atoms with Gasteiger partial charge in [0.25, 0.3) is 0 Å². The summed E-state index contributed by atoms with van der Waals surface area (Å²) >= 11 is 1.08. The molecular formula is C10H10BrO4S-. The molecule has 88 valence electrons. The Hall–Kier alpha value is -0.720. The molecule has 0 radical (unpaired) electrons. The molecule has 0 aliphatic heterocycles. The molecule has 0 heterocycles. The monoisotopic (exact) mass is 305 g/mol. The number of ether oxygens (including phenoxy) is 1.